The fourth-order valence-corrected chi connectivity index (χ4v) is 2.45. The third-order valence-corrected chi connectivity index (χ3v) is 3.91. The third kappa shape index (κ3) is 2.47. The highest BCUT2D eigenvalue weighted by atomic mass is 79.9. The topological polar surface area (TPSA) is 68.0 Å². The van der Waals surface area contributed by atoms with Gasteiger partial charge in [-0.2, -0.15) is 0 Å². The minimum Gasteiger partial charge on any atom is -0.476 e. The van der Waals surface area contributed by atoms with Gasteiger partial charge in [0.2, 0.25) is 0 Å². The Morgan fingerprint density at radius 2 is 2.00 bits per heavy atom. The number of carboxylic acids is 1. The van der Waals surface area contributed by atoms with E-state index in [0.717, 1.165) is 15.7 Å². The molecule has 1 aromatic heterocycles. The van der Waals surface area contributed by atoms with E-state index in [2.05, 4.69) is 26.2 Å². The van der Waals surface area contributed by atoms with Crippen LogP contribution in [0.2, 0.25) is 0 Å². The lowest BCUT2D eigenvalue weighted by atomic mass is 9.90. The van der Waals surface area contributed by atoms with E-state index in [-0.39, 0.29) is 11.1 Å². The number of aromatic carboxylic acids is 1. The van der Waals surface area contributed by atoms with E-state index in [4.69, 9.17) is 0 Å². The van der Waals surface area contributed by atoms with Crippen LogP contribution in [-0.2, 0) is 5.41 Å². The lowest BCUT2D eigenvalue weighted by Gasteiger charge is -2.21. The minimum atomic E-state index is -1.06. The van der Waals surface area contributed by atoms with Crippen LogP contribution in [0, 0.1) is 6.92 Å². The molecule has 0 aliphatic rings. The Hall–Kier alpha value is -1.69. The Balaban J connectivity index is 2.76. The van der Waals surface area contributed by atoms with Crippen LogP contribution in [0.15, 0.2) is 22.7 Å². The molecule has 20 heavy (non-hydrogen) atoms. The Morgan fingerprint density at radius 3 is 2.55 bits per heavy atom. The van der Waals surface area contributed by atoms with Crippen LogP contribution in [0.4, 0.5) is 0 Å². The summed E-state index contributed by atoms with van der Waals surface area (Å²) in [5.74, 6) is -1.06. The van der Waals surface area contributed by atoms with Crippen LogP contribution in [-0.4, -0.2) is 26.1 Å². The molecule has 0 aliphatic carbocycles. The highest BCUT2D eigenvalue weighted by Gasteiger charge is 2.30. The number of rotatable bonds is 2. The molecule has 2 aromatic rings. The Bertz CT molecular complexity index is 672. The summed E-state index contributed by atoms with van der Waals surface area (Å²) in [5, 5.41) is 17.2. The molecule has 1 N–H and O–H groups in total. The van der Waals surface area contributed by atoms with Crippen molar-refractivity contribution in [3.63, 3.8) is 0 Å². The molecule has 0 saturated carbocycles. The van der Waals surface area contributed by atoms with Crippen molar-refractivity contribution in [2.24, 2.45) is 0 Å². The maximum Gasteiger partial charge on any atom is 0.358 e. The van der Waals surface area contributed by atoms with E-state index in [1.165, 1.54) is 0 Å². The van der Waals surface area contributed by atoms with Gasteiger partial charge in [-0.15, -0.1) is 5.10 Å². The van der Waals surface area contributed by atoms with Crippen molar-refractivity contribution in [2.45, 2.75) is 33.1 Å². The summed E-state index contributed by atoms with van der Waals surface area (Å²) in [4.78, 5) is 11.3. The molecule has 2 rings (SSSR count). The van der Waals surface area contributed by atoms with E-state index < -0.39 is 5.97 Å². The molecule has 0 atom stereocenters. The summed E-state index contributed by atoms with van der Waals surface area (Å²) < 4.78 is 2.56. The van der Waals surface area contributed by atoms with Crippen LogP contribution in [0.1, 0.15) is 42.5 Å². The second-order valence-corrected chi connectivity index (χ2v) is 6.49. The van der Waals surface area contributed by atoms with Gasteiger partial charge in [-0.25, -0.2) is 9.48 Å². The van der Waals surface area contributed by atoms with Crippen molar-refractivity contribution >= 4 is 21.9 Å². The van der Waals surface area contributed by atoms with Gasteiger partial charge >= 0.3 is 5.97 Å². The normalized spacial score (nSPS) is 11.7. The van der Waals surface area contributed by atoms with Crippen molar-refractivity contribution in [2.75, 3.05) is 0 Å². The van der Waals surface area contributed by atoms with Crippen LogP contribution < -0.4 is 0 Å². The summed E-state index contributed by atoms with van der Waals surface area (Å²) >= 11 is 3.48. The van der Waals surface area contributed by atoms with Crippen LogP contribution >= 0.6 is 15.9 Å². The van der Waals surface area contributed by atoms with Gasteiger partial charge in [0.05, 0.1) is 11.4 Å². The van der Waals surface area contributed by atoms with Gasteiger partial charge in [0.25, 0.3) is 0 Å². The molecule has 0 fully saturated rings. The quantitative estimate of drug-likeness (QED) is 0.912. The van der Waals surface area contributed by atoms with E-state index in [0.29, 0.717) is 5.69 Å². The molecular weight excluding hydrogens is 322 g/mol. The highest BCUT2D eigenvalue weighted by Crippen LogP contribution is 2.30. The summed E-state index contributed by atoms with van der Waals surface area (Å²) in [6, 6.07) is 5.72. The van der Waals surface area contributed by atoms with Crippen LogP contribution in [0.25, 0.3) is 5.69 Å². The molecule has 6 heteroatoms. The Labute approximate surface area is 125 Å². The lowest BCUT2D eigenvalue weighted by Crippen LogP contribution is -2.21. The van der Waals surface area contributed by atoms with Crippen molar-refractivity contribution in [3.8, 4) is 5.69 Å². The average Bonchev–Trinajstić information content (AvgIpc) is 2.77. The van der Waals surface area contributed by atoms with Crippen molar-refractivity contribution in [3.05, 3.63) is 39.6 Å². The SMILES string of the molecule is Cc1c(Br)cccc1-n1nnc(C(=O)O)c1C(C)(C)C. The number of carboxylic acid groups (broad SMARTS) is 1. The lowest BCUT2D eigenvalue weighted by molar-refractivity contribution is 0.0687. The van der Waals surface area contributed by atoms with Gasteiger partial charge in [0, 0.05) is 9.89 Å². The van der Waals surface area contributed by atoms with E-state index in [1.54, 1.807) is 4.68 Å². The smallest absolute Gasteiger partial charge is 0.358 e. The number of carbonyl (C=O) groups is 1. The van der Waals surface area contributed by atoms with Crippen LogP contribution in [0.3, 0.4) is 0 Å². The number of hydrogen-bond acceptors (Lipinski definition) is 3. The average molecular weight is 338 g/mol. The van der Waals surface area contributed by atoms with E-state index in [9.17, 15) is 9.90 Å². The van der Waals surface area contributed by atoms with Crippen molar-refractivity contribution in [1.82, 2.24) is 15.0 Å². The molecule has 0 radical (unpaired) electrons. The van der Waals surface area contributed by atoms with Gasteiger partial charge in [-0.3, -0.25) is 0 Å². The molecule has 0 bridgehead atoms. The second kappa shape index (κ2) is 5.01. The molecule has 106 valence electrons. The molecule has 1 aromatic carbocycles. The van der Waals surface area contributed by atoms with E-state index in [1.807, 2.05) is 45.9 Å². The Kier molecular flexibility index (Phi) is 3.69. The van der Waals surface area contributed by atoms with Gasteiger partial charge in [0.1, 0.15) is 0 Å². The molecule has 0 aliphatic heterocycles. The first kappa shape index (κ1) is 14.7. The summed E-state index contributed by atoms with van der Waals surface area (Å²) in [7, 11) is 0. The molecule has 0 unspecified atom stereocenters. The minimum absolute atomic E-state index is 0.00289. The van der Waals surface area contributed by atoms with Crippen LogP contribution in [0.5, 0.6) is 0 Å². The third-order valence-electron chi connectivity index (χ3n) is 3.05. The Morgan fingerprint density at radius 1 is 1.35 bits per heavy atom. The number of aromatic nitrogens is 3. The number of benzene rings is 1. The van der Waals surface area contributed by atoms with Gasteiger partial charge in [-0.05, 0) is 24.6 Å². The van der Waals surface area contributed by atoms with Crippen molar-refractivity contribution < 1.29 is 9.90 Å². The summed E-state index contributed by atoms with van der Waals surface area (Å²) in [6.07, 6.45) is 0. The zero-order chi connectivity index (χ0) is 15.1. The van der Waals surface area contributed by atoms with Crippen molar-refractivity contribution in [1.29, 1.82) is 0 Å². The zero-order valence-corrected chi connectivity index (χ0v) is 13.4. The maximum absolute atomic E-state index is 11.3. The zero-order valence-electron chi connectivity index (χ0n) is 11.8. The second-order valence-electron chi connectivity index (χ2n) is 5.64. The molecule has 5 nitrogen and oxygen atoms in total. The molecular formula is C14H16BrN3O2. The summed E-state index contributed by atoms with van der Waals surface area (Å²) in [5.41, 5.74) is 2.01. The molecule has 0 saturated heterocycles. The largest absolute Gasteiger partial charge is 0.476 e. The predicted molar refractivity (Wildman–Crippen MR) is 79.5 cm³/mol. The number of hydrogen-bond donors (Lipinski definition) is 1. The fraction of sp³-hybridized carbons (Fsp3) is 0.357. The predicted octanol–water partition coefficient (Wildman–Crippen LogP) is 3.33. The monoisotopic (exact) mass is 337 g/mol. The number of nitrogens with zero attached hydrogens (tertiary/aromatic N) is 3. The first-order chi connectivity index (χ1) is 9.23. The first-order valence-electron chi connectivity index (χ1n) is 6.18. The first-order valence-corrected chi connectivity index (χ1v) is 6.97. The van der Waals surface area contributed by atoms with Gasteiger partial charge in [-0.1, -0.05) is 48.0 Å². The van der Waals surface area contributed by atoms with E-state index >= 15 is 0 Å². The molecule has 0 spiro atoms. The molecule has 1 heterocycles. The summed E-state index contributed by atoms with van der Waals surface area (Å²) in [6.45, 7) is 7.79. The highest BCUT2D eigenvalue weighted by molar-refractivity contribution is 9.10. The molecule has 0 amide bonds. The maximum atomic E-state index is 11.3. The van der Waals surface area contributed by atoms with Gasteiger partial charge in [0.15, 0.2) is 5.69 Å². The fourth-order valence-electron chi connectivity index (χ4n) is 2.09. The number of halogens is 1. The van der Waals surface area contributed by atoms with Gasteiger partial charge < -0.3 is 5.11 Å². The standard InChI is InChI=1S/C14H16BrN3O2/c1-8-9(15)6-5-7-10(8)18-12(14(2,3)4)11(13(19)20)16-17-18/h5-7H,1-4H3,(H,19,20).